The zero-order valence-electron chi connectivity index (χ0n) is 14.2. The first-order valence-corrected chi connectivity index (χ1v) is 10.9. The predicted octanol–water partition coefficient (Wildman–Crippen LogP) is 2.04. The second-order valence-corrected chi connectivity index (χ2v) is 9.07. The van der Waals surface area contributed by atoms with Gasteiger partial charge in [0.05, 0.1) is 24.2 Å². The number of nitrogens with one attached hydrogen (secondary N) is 1. The van der Waals surface area contributed by atoms with Crippen molar-refractivity contribution in [3.05, 3.63) is 52.8 Å². The molecule has 9 heteroatoms. The summed E-state index contributed by atoms with van der Waals surface area (Å²) in [5.74, 6) is -0.194. The largest absolute Gasteiger partial charge is 0.346 e. The van der Waals surface area contributed by atoms with E-state index in [-0.39, 0.29) is 5.91 Å². The third-order valence-electron chi connectivity index (χ3n) is 4.39. The number of aryl methyl sites for hydroxylation is 1. The van der Waals surface area contributed by atoms with Crippen LogP contribution in [-0.4, -0.2) is 36.5 Å². The second kappa shape index (κ2) is 6.40. The van der Waals surface area contributed by atoms with Crippen LogP contribution in [0.15, 0.2) is 36.0 Å². The van der Waals surface area contributed by atoms with Crippen LogP contribution in [0.1, 0.15) is 28.0 Å². The Bertz CT molecular complexity index is 1060. The lowest BCUT2D eigenvalue weighted by Crippen LogP contribution is -2.34. The van der Waals surface area contributed by atoms with Gasteiger partial charge >= 0.3 is 0 Å². The van der Waals surface area contributed by atoms with Gasteiger partial charge in [-0.15, -0.1) is 11.3 Å². The summed E-state index contributed by atoms with van der Waals surface area (Å²) in [4.78, 5) is 17.8. The molecular formula is C17H18N4O3S2. The maximum Gasteiger partial charge on any atom is 0.251 e. The summed E-state index contributed by atoms with van der Waals surface area (Å²) in [6.45, 7) is 0.828. The minimum atomic E-state index is -3.30. The maximum atomic E-state index is 12.5. The molecule has 1 aromatic carbocycles. The number of thiazole rings is 1. The van der Waals surface area contributed by atoms with Crippen molar-refractivity contribution in [1.82, 2.24) is 14.7 Å². The quantitative estimate of drug-likeness (QED) is 0.739. The summed E-state index contributed by atoms with van der Waals surface area (Å²) >= 11 is 1.54. The molecule has 1 aliphatic rings. The molecule has 1 N–H and O–H groups in total. The number of sulfonamides is 1. The molecular weight excluding hydrogens is 372 g/mol. The average Bonchev–Trinajstić information content (AvgIpc) is 3.19. The van der Waals surface area contributed by atoms with Crippen LogP contribution in [-0.2, 0) is 23.0 Å². The van der Waals surface area contributed by atoms with E-state index in [1.807, 2.05) is 22.2 Å². The van der Waals surface area contributed by atoms with Gasteiger partial charge in [0.2, 0.25) is 10.0 Å². The number of carbonyl (C=O) groups excluding carboxylic acids is 1. The number of fused-ring (bicyclic) bond motifs is 2. The lowest BCUT2D eigenvalue weighted by atomic mass is 10.0. The van der Waals surface area contributed by atoms with E-state index in [1.54, 1.807) is 29.5 Å². The summed E-state index contributed by atoms with van der Waals surface area (Å²) in [7, 11) is -3.30. The highest BCUT2D eigenvalue weighted by Crippen LogP contribution is 2.29. The van der Waals surface area contributed by atoms with E-state index in [4.69, 9.17) is 0 Å². The van der Waals surface area contributed by atoms with Crippen molar-refractivity contribution >= 4 is 37.9 Å². The zero-order chi connectivity index (χ0) is 18.3. The van der Waals surface area contributed by atoms with Crippen molar-refractivity contribution in [3.8, 4) is 0 Å². The summed E-state index contributed by atoms with van der Waals surface area (Å²) in [5, 5.41) is 4.83. The fourth-order valence-corrected chi connectivity index (χ4v) is 4.90. The van der Waals surface area contributed by atoms with Crippen molar-refractivity contribution in [2.24, 2.45) is 0 Å². The Kier molecular flexibility index (Phi) is 4.20. The molecule has 4 rings (SSSR count). The Morgan fingerprint density at radius 2 is 2.23 bits per heavy atom. The SMILES string of the molecule is CS(=O)(=O)N1CCCc2cc(C(=O)NCc3cn4ccsc4n3)ccc21. The van der Waals surface area contributed by atoms with E-state index in [2.05, 4.69) is 10.3 Å². The van der Waals surface area contributed by atoms with Gasteiger partial charge in [-0.05, 0) is 36.6 Å². The molecule has 0 fully saturated rings. The highest BCUT2D eigenvalue weighted by atomic mass is 32.2. The second-order valence-electron chi connectivity index (χ2n) is 6.29. The average molecular weight is 390 g/mol. The molecule has 1 aliphatic heterocycles. The van der Waals surface area contributed by atoms with E-state index in [0.717, 1.165) is 29.1 Å². The van der Waals surface area contributed by atoms with Crippen LogP contribution in [0.4, 0.5) is 5.69 Å². The molecule has 0 atom stereocenters. The Labute approximate surface area is 155 Å². The fourth-order valence-electron chi connectivity index (χ4n) is 3.18. The van der Waals surface area contributed by atoms with Crippen LogP contribution in [0.2, 0.25) is 0 Å². The van der Waals surface area contributed by atoms with Crippen molar-refractivity contribution in [1.29, 1.82) is 0 Å². The number of hydrogen-bond acceptors (Lipinski definition) is 5. The molecule has 3 aromatic rings. The third-order valence-corrected chi connectivity index (χ3v) is 6.34. The normalized spacial score (nSPS) is 14.4. The fraction of sp³-hybridized carbons (Fsp3) is 0.294. The zero-order valence-corrected chi connectivity index (χ0v) is 15.8. The predicted molar refractivity (Wildman–Crippen MR) is 101 cm³/mol. The van der Waals surface area contributed by atoms with Gasteiger partial charge in [0.25, 0.3) is 5.91 Å². The van der Waals surface area contributed by atoms with Crippen molar-refractivity contribution in [2.45, 2.75) is 19.4 Å². The molecule has 0 aliphatic carbocycles. The van der Waals surface area contributed by atoms with Crippen LogP contribution in [0.3, 0.4) is 0 Å². The van der Waals surface area contributed by atoms with Crippen LogP contribution in [0, 0.1) is 0 Å². The monoisotopic (exact) mass is 390 g/mol. The summed E-state index contributed by atoms with van der Waals surface area (Å²) in [6.07, 6.45) is 6.53. The van der Waals surface area contributed by atoms with Gasteiger partial charge in [0, 0.05) is 29.9 Å². The summed E-state index contributed by atoms with van der Waals surface area (Å²) in [5.41, 5.74) is 2.88. The number of anilines is 1. The summed E-state index contributed by atoms with van der Waals surface area (Å²) < 4.78 is 27.2. The lowest BCUT2D eigenvalue weighted by Gasteiger charge is -2.29. The van der Waals surface area contributed by atoms with Gasteiger partial charge in [-0.1, -0.05) is 0 Å². The Morgan fingerprint density at radius 3 is 3.00 bits per heavy atom. The Hall–Kier alpha value is -2.39. The van der Waals surface area contributed by atoms with E-state index >= 15 is 0 Å². The first-order chi connectivity index (χ1) is 12.4. The Balaban J connectivity index is 1.50. The van der Waals surface area contributed by atoms with Gasteiger partial charge in [0.15, 0.2) is 4.96 Å². The number of aromatic nitrogens is 2. The van der Waals surface area contributed by atoms with E-state index in [9.17, 15) is 13.2 Å². The smallest absolute Gasteiger partial charge is 0.251 e. The minimum absolute atomic E-state index is 0.194. The van der Waals surface area contributed by atoms with Gasteiger partial charge < -0.3 is 5.32 Å². The van der Waals surface area contributed by atoms with Gasteiger partial charge in [-0.25, -0.2) is 13.4 Å². The Morgan fingerprint density at radius 1 is 1.38 bits per heavy atom. The number of carbonyl (C=O) groups is 1. The number of amides is 1. The number of nitrogens with zero attached hydrogens (tertiary/aromatic N) is 3. The van der Waals surface area contributed by atoms with Crippen LogP contribution in [0.5, 0.6) is 0 Å². The molecule has 0 saturated heterocycles. The molecule has 2 aromatic heterocycles. The molecule has 0 spiro atoms. The van der Waals surface area contributed by atoms with Crippen LogP contribution in [0.25, 0.3) is 4.96 Å². The van der Waals surface area contributed by atoms with E-state index in [1.165, 1.54) is 10.6 Å². The first kappa shape index (κ1) is 17.0. The van der Waals surface area contributed by atoms with Gasteiger partial charge in [0.1, 0.15) is 0 Å². The number of benzene rings is 1. The number of hydrogen-bond donors (Lipinski definition) is 1. The third kappa shape index (κ3) is 3.19. The van der Waals surface area contributed by atoms with Gasteiger partial charge in [-0.3, -0.25) is 13.5 Å². The molecule has 0 radical (unpaired) electrons. The molecule has 136 valence electrons. The summed E-state index contributed by atoms with van der Waals surface area (Å²) in [6, 6.07) is 5.17. The molecule has 26 heavy (non-hydrogen) atoms. The van der Waals surface area contributed by atoms with Crippen LogP contribution < -0.4 is 9.62 Å². The molecule has 0 unspecified atom stereocenters. The highest BCUT2D eigenvalue weighted by molar-refractivity contribution is 7.92. The molecule has 0 saturated carbocycles. The molecule has 0 bridgehead atoms. The maximum absolute atomic E-state index is 12.5. The minimum Gasteiger partial charge on any atom is -0.346 e. The number of rotatable bonds is 4. The van der Waals surface area contributed by atoms with Crippen LogP contribution >= 0.6 is 11.3 Å². The van der Waals surface area contributed by atoms with E-state index < -0.39 is 10.0 Å². The molecule has 3 heterocycles. The van der Waals surface area contributed by atoms with Gasteiger partial charge in [-0.2, -0.15) is 0 Å². The van der Waals surface area contributed by atoms with E-state index in [0.29, 0.717) is 24.3 Å². The van der Waals surface area contributed by atoms with Crippen molar-refractivity contribution < 1.29 is 13.2 Å². The standard InChI is InChI=1S/C17H18N4O3S2/c1-26(23,24)21-6-2-3-12-9-13(4-5-15(12)21)16(22)18-10-14-11-20-7-8-25-17(20)19-14/h4-5,7-9,11H,2-3,6,10H2,1H3,(H,18,22). The van der Waals surface area contributed by atoms with Crippen molar-refractivity contribution in [2.75, 3.05) is 17.1 Å². The first-order valence-electron chi connectivity index (χ1n) is 8.22. The molecule has 7 nitrogen and oxygen atoms in total. The van der Waals surface area contributed by atoms with Crippen molar-refractivity contribution in [3.63, 3.8) is 0 Å². The lowest BCUT2D eigenvalue weighted by molar-refractivity contribution is 0.0950. The molecule has 1 amide bonds. The topological polar surface area (TPSA) is 83.8 Å². The number of imidazole rings is 1. The highest BCUT2D eigenvalue weighted by Gasteiger charge is 2.24.